The van der Waals surface area contributed by atoms with Crippen molar-refractivity contribution in [2.75, 3.05) is 5.32 Å². The van der Waals surface area contributed by atoms with E-state index in [1.807, 2.05) is 13.0 Å². The SMILES string of the molecule is CC(Nc1ccc(C#N)c(Br)c1F)c1cn[nH]c1. The number of hydrogen-bond acceptors (Lipinski definition) is 3. The van der Waals surface area contributed by atoms with Gasteiger partial charge in [0.05, 0.1) is 28.0 Å². The third kappa shape index (κ3) is 2.36. The second-order valence-corrected chi connectivity index (χ2v) is 4.59. The van der Waals surface area contributed by atoms with E-state index in [2.05, 4.69) is 31.4 Å². The minimum absolute atomic E-state index is 0.0851. The Morgan fingerprint density at radius 3 is 2.94 bits per heavy atom. The van der Waals surface area contributed by atoms with Crippen LogP contribution in [0.2, 0.25) is 0 Å². The van der Waals surface area contributed by atoms with Crippen molar-refractivity contribution >= 4 is 21.6 Å². The summed E-state index contributed by atoms with van der Waals surface area (Å²) in [6.45, 7) is 1.90. The van der Waals surface area contributed by atoms with Gasteiger partial charge >= 0.3 is 0 Å². The van der Waals surface area contributed by atoms with Gasteiger partial charge in [-0.1, -0.05) is 0 Å². The Balaban J connectivity index is 2.26. The van der Waals surface area contributed by atoms with Crippen molar-refractivity contribution in [3.8, 4) is 6.07 Å². The fourth-order valence-corrected chi connectivity index (χ4v) is 2.00. The second-order valence-electron chi connectivity index (χ2n) is 3.80. The predicted molar refractivity (Wildman–Crippen MR) is 69.4 cm³/mol. The number of benzene rings is 1. The molecule has 0 saturated heterocycles. The van der Waals surface area contributed by atoms with Crippen molar-refractivity contribution in [1.82, 2.24) is 10.2 Å². The van der Waals surface area contributed by atoms with Crippen LogP contribution in [0.15, 0.2) is 29.0 Å². The highest BCUT2D eigenvalue weighted by molar-refractivity contribution is 9.10. The summed E-state index contributed by atoms with van der Waals surface area (Å²) in [5.41, 5.74) is 1.54. The number of anilines is 1. The first kappa shape index (κ1) is 12.6. The van der Waals surface area contributed by atoms with Crippen molar-refractivity contribution < 1.29 is 4.39 Å². The predicted octanol–water partition coefficient (Wildman–Crippen LogP) is 3.36. The number of hydrogen-bond donors (Lipinski definition) is 2. The maximum Gasteiger partial charge on any atom is 0.161 e. The molecule has 1 heterocycles. The summed E-state index contributed by atoms with van der Waals surface area (Å²) in [6, 6.07) is 4.95. The first-order chi connectivity index (χ1) is 8.63. The Morgan fingerprint density at radius 1 is 1.56 bits per heavy atom. The van der Waals surface area contributed by atoms with Gasteiger partial charge in [-0.2, -0.15) is 10.4 Å². The molecule has 0 aliphatic rings. The molecule has 2 N–H and O–H groups in total. The third-order valence-electron chi connectivity index (χ3n) is 2.59. The van der Waals surface area contributed by atoms with E-state index < -0.39 is 5.82 Å². The number of nitrogens with one attached hydrogen (secondary N) is 2. The highest BCUT2D eigenvalue weighted by Gasteiger charge is 2.14. The number of rotatable bonds is 3. The molecule has 92 valence electrons. The Labute approximate surface area is 112 Å². The quantitative estimate of drug-likeness (QED) is 0.914. The average Bonchev–Trinajstić information content (AvgIpc) is 2.89. The number of H-pyrrole nitrogens is 1. The molecule has 1 aromatic carbocycles. The first-order valence-corrected chi connectivity index (χ1v) is 6.06. The van der Waals surface area contributed by atoms with Crippen LogP contribution in [0.3, 0.4) is 0 Å². The van der Waals surface area contributed by atoms with E-state index in [0.29, 0.717) is 5.69 Å². The molecule has 0 aliphatic carbocycles. The molecule has 0 saturated carbocycles. The highest BCUT2D eigenvalue weighted by Crippen LogP contribution is 2.28. The Bertz CT molecular complexity index is 589. The Kier molecular flexibility index (Phi) is 3.63. The zero-order chi connectivity index (χ0) is 13.1. The molecular weight excluding hydrogens is 299 g/mol. The van der Waals surface area contributed by atoms with Crippen LogP contribution in [0, 0.1) is 17.1 Å². The smallest absolute Gasteiger partial charge is 0.161 e. The maximum absolute atomic E-state index is 14.0. The van der Waals surface area contributed by atoms with Gasteiger partial charge in [0.1, 0.15) is 6.07 Å². The lowest BCUT2D eigenvalue weighted by molar-refractivity contribution is 0.620. The summed E-state index contributed by atoms with van der Waals surface area (Å²) >= 11 is 3.07. The summed E-state index contributed by atoms with van der Waals surface area (Å²) in [5.74, 6) is -0.468. The van der Waals surface area contributed by atoms with E-state index in [1.54, 1.807) is 24.5 Å². The van der Waals surface area contributed by atoms with Crippen LogP contribution >= 0.6 is 15.9 Å². The molecule has 1 unspecified atom stereocenters. The van der Waals surface area contributed by atoms with Crippen molar-refractivity contribution in [3.05, 3.63) is 45.9 Å². The number of halogens is 2. The van der Waals surface area contributed by atoms with Crippen LogP contribution in [-0.4, -0.2) is 10.2 Å². The minimum atomic E-state index is -0.468. The van der Waals surface area contributed by atoms with E-state index in [9.17, 15) is 4.39 Å². The van der Waals surface area contributed by atoms with Crippen molar-refractivity contribution in [2.24, 2.45) is 0 Å². The summed E-state index contributed by atoms with van der Waals surface area (Å²) in [5, 5.41) is 18.4. The summed E-state index contributed by atoms with van der Waals surface area (Å²) in [7, 11) is 0. The zero-order valence-corrected chi connectivity index (χ0v) is 11.1. The molecular formula is C12H10BrFN4. The van der Waals surface area contributed by atoms with Gasteiger partial charge in [-0.15, -0.1) is 0 Å². The molecule has 0 bridgehead atoms. The van der Waals surface area contributed by atoms with Crippen LogP contribution in [0.4, 0.5) is 10.1 Å². The Hall–Kier alpha value is -1.87. The van der Waals surface area contributed by atoms with Crippen molar-refractivity contribution in [3.63, 3.8) is 0 Å². The van der Waals surface area contributed by atoms with Crippen LogP contribution in [0.1, 0.15) is 24.1 Å². The van der Waals surface area contributed by atoms with Gasteiger partial charge in [-0.25, -0.2) is 4.39 Å². The van der Waals surface area contributed by atoms with Gasteiger partial charge in [0.2, 0.25) is 0 Å². The molecule has 1 aromatic heterocycles. The van der Waals surface area contributed by atoms with E-state index in [4.69, 9.17) is 5.26 Å². The second kappa shape index (κ2) is 5.19. The number of aromatic nitrogens is 2. The average molecular weight is 309 g/mol. The largest absolute Gasteiger partial charge is 0.376 e. The van der Waals surface area contributed by atoms with Gasteiger partial charge in [0.15, 0.2) is 5.82 Å². The molecule has 6 heteroatoms. The summed E-state index contributed by atoms with van der Waals surface area (Å²) in [4.78, 5) is 0. The van der Waals surface area contributed by atoms with Crippen molar-refractivity contribution in [2.45, 2.75) is 13.0 Å². The minimum Gasteiger partial charge on any atom is -0.376 e. The van der Waals surface area contributed by atoms with E-state index in [1.165, 1.54) is 0 Å². The molecule has 1 atom stereocenters. The summed E-state index contributed by atoms with van der Waals surface area (Å²) in [6.07, 6.45) is 3.42. The molecule has 18 heavy (non-hydrogen) atoms. The number of nitriles is 1. The lowest BCUT2D eigenvalue weighted by Gasteiger charge is -2.15. The maximum atomic E-state index is 14.0. The van der Waals surface area contributed by atoms with Crippen LogP contribution < -0.4 is 5.32 Å². The van der Waals surface area contributed by atoms with Gasteiger partial charge in [-0.05, 0) is 35.0 Å². The van der Waals surface area contributed by atoms with Crippen LogP contribution in [0.25, 0.3) is 0 Å². The topological polar surface area (TPSA) is 64.5 Å². The fourth-order valence-electron chi connectivity index (χ4n) is 1.56. The lowest BCUT2D eigenvalue weighted by atomic mass is 10.1. The molecule has 0 spiro atoms. The van der Waals surface area contributed by atoms with Gasteiger partial charge < -0.3 is 5.32 Å². The monoisotopic (exact) mass is 308 g/mol. The fraction of sp³-hybridized carbons (Fsp3) is 0.167. The molecule has 0 aliphatic heterocycles. The highest BCUT2D eigenvalue weighted by atomic mass is 79.9. The Morgan fingerprint density at radius 2 is 2.33 bits per heavy atom. The van der Waals surface area contributed by atoms with Gasteiger partial charge in [-0.3, -0.25) is 5.10 Å². The normalized spacial score (nSPS) is 11.9. The molecule has 2 aromatic rings. The van der Waals surface area contributed by atoms with E-state index in [-0.39, 0.29) is 16.1 Å². The van der Waals surface area contributed by atoms with Gasteiger partial charge in [0.25, 0.3) is 0 Å². The molecule has 0 amide bonds. The van der Waals surface area contributed by atoms with E-state index in [0.717, 1.165) is 5.56 Å². The van der Waals surface area contributed by atoms with Crippen LogP contribution in [-0.2, 0) is 0 Å². The van der Waals surface area contributed by atoms with Gasteiger partial charge in [0, 0.05) is 11.8 Å². The first-order valence-electron chi connectivity index (χ1n) is 5.26. The van der Waals surface area contributed by atoms with E-state index >= 15 is 0 Å². The molecule has 2 rings (SSSR count). The standard InChI is InChI=1S/C12H10BrFN4/c1-7(9-5-16-17-6-9)18-10-3-2-8(4-15)11(13)12(10)14/h2-3,5-7,18H,1H3,(H,16,17). The number of aromatic amines is 1. The summed E-state index contributed by atoms with van der Waals surface area (Å²) < 4.78 is 14.1. The molecule has 4 nitrogen and oxygen atoms in total. The molecule has 0 fully saturated rings. The third-order valence-corrected chi connectivity index (χ3v) is 3.37. The van der Waals surface area contributed by atoms with Crippen molar-refractivity contribution in [1.29, 1.82) is 5.26 Å². The number of nitrogens with zero attached hydrogens (tertiary/aromatic N) is 2. The molecule has 0 radical (unpaired) electrons. The van der Waals surface area contributed by atoms with Crippen LogP contribution in [0.5, 0.6) is 0 Å². The lowest BCUT2D eigenvalue weighted by Crippen LogP contribution is -2.07. The zero-order valence-electron chi connectivity index (χ0n) is 9.54.